The minimum absolute atomic E-state index is 0.670. The molecule has 1 aromatic rings. The fraction of sp³-hybridized carbons (Fsp3) is 0.417. The number of benzene rings is 1. The molecule has 0 radical (unpaired) electrons. The Morgan fingerprint density at radius 3 is 2.12 bits per heavy atom. The van der Waals surface area contributed by atoms with E-state index >= 15 is 0 Å². The SMILES string of the molecule is [C-]#[N+]C(C)(O[Si](C)(C)C)c1ccc(Cl)cc1. The van der Waals surface area contributed by atoms with E-state index in [0.29, 0.717) is 5.02 Å². The van der Waals surface area contributed by atoms with E-state index in [-0.39, 0.29) is 0 Å². The van der Waals surface area contributed by atoms with Gasteiger partial charge in [-0.05, 0) is 43.9 Å². The Balaban J connectivity index is 3.06. The van der Waals surface area contributed by atoms with Crippen molar-refractivity contribution >= 4 is 19.9 Å². The monoisotopic (exact) mass is 253 g/mol. The van der Waals surface area contributed by atoms with Crippen molar-refractivity contribution in [2.24, 2.45) is 0 Å². The average Bonchev–Trinajstić information content (AvgIpc) is 2.16. The van der Waals surface area contributed by atoms with Crippen molar-refractivity contribution in [3.8, 4) is 0 Å². The van der Waals surface area contributed by atoms with E-state index in [4.69, 9.17) is 22.6 Å². The average molecular weight is 254 g/mol. The molecule has 0 bridgehead atoms. The Morgan fingerprint density at radius 1 is 1.25 bits per heavy atom. The van der Waals surface area contributed by atoms with Crippen LogP contribution >= 0.6 is 11.6 Å². The van der Waals surface area contributed by atoms with Gasteiger partial charge >= 0.3 is 5.72 Å². The summed E-state index contributed by atoms with van der Waals surface area (Å²) >= 11 is 5.83. The zero-order valence-electron chi connectivity index (χ0n) is 10.0. The van der Waals surface area contributed by atoms with Crippen LogP contribution in [0.2, 0.25) is 24.7 Å². The van der Waals surface area contributed by atoms with Crippen molar-refractivity contribution in [2.45, 2.75) is 32.3 Å². The lowest BCUT2D eigenvalue weighted by atomic mass is 10.1. The third-order valence-corrected chi connectivity index (χ3v) is 3.36. The zero-order valence-corrected chi connectivity index (χ0v) is 11.8. The summed E-state index contributed by atoms with van der Waals surface area (Å²) < 4.78 is 5.94. The molecule has 0 aromatic heterocycles. The summed E-state index contributed by atoms with van der Waals surface area (Å²) in [6.45, 7) is 15.4. The molecule has 0 aliphatic rings. The Bertz CT molecular complexity index is 405. The largest absolute Gasteiger partial charge is 0.352 e. The Hall–Kier alpha value is -0.823. The summed E-state index contributed by atoms with van der Waals surface area (Å²) in [6.07, 6.45) is 0. The van der Waals surface area contributed by atoms with Crippen LogP contribution in [0.5, 0.6) is 0 Å². The number of hydrogen-bond donors (Lipinski definition) is 0. The fourth-order valence-electron chi connectivity index (χ4n) is 1.50. The second-order valence-electron chi connectivity index (χ2n) is 4.82. The molecule has 0 fully saturated rings. The van der Waals surface area contributed by atoms with Gasteiger partial charge < -0.3 is 4.43 Å². The molecule has 1 atom stereocenters. The van der Waals surface area contributed by atoms with Gasteiger partial charge in [0.15, 0.2) is 8.32 Å². The molecule has 0 aliphatic heterocycles. The number of nitrogens with zero attached hydrogens (tertiary/aromatic N) is 1. The summed E-state index contributed by atoms with van der Waals surface area (Å²) in [7, 11) is -1.76. The van der Waals surface area contributed by atoms with Gasteiger partial charge in [0.2, 0.25) is 0 Å². The van der Waals surface area contributed by atoms with Gasteiger partial charge in [0.1, 0.15) is 0 Å². The molecule has 0 N–H and O–H groups in total. The third-order valence-electron chi connectivity index (χ3n) is 2.10. The minimum atomic E-state index is -1.76. The molecule has 0 spiro atoms. The molecule has 0 aliphatic carbocycles. The molecule has 0 amide bonds. The van der Waals surface area contributed by atoms with E-state index in [9.17, 15) is 0 Å². The van der Waals surface area contributed by atoms with Crippen LogP contribution in [0, 0.1) is 6.57 Å². The predicted molar refractivity (Wildman–Crippen MR) is 69.8 cm³/mol. The maximum Gasteiger partial charge on any atom is 0.352 e. The highest BCUT2D eigenvalue weighted by Gasteiger charge is 2.39. The molecular formula is C12H16ClNOSi. The van der Waals surface area contributed by atoms with Crippen LogP contribution in [0.25, 0.3) is 4.85 Å². The summed E-state index contributed by atoms with van der Waals surface area (Å²) in [5.74, 6) is 0. The summed E-state index contributed by atoms with van der Waals surface area (Å²) in [4.78, 5) is 3.62. The van der Waals surface area contributed by atoms with Crippen molar-refractivity contribution in [3.05, 3.63) is 46.3 Å². The molecule has 0 saturated heterocycles. The minimum Gasteiger partial charge on any atom is -0.347 e. The van der Waals surface area contributed by atoms with Gasteiger partial charge in [-0.25, -0.2) is 6.57 Å². The van der Waals surface area contributed by atoms with Crippen molar-refractivity contribution in [2.75, 3.05) is 0 Å². The van der Waals surface area contributed by atoms with E-state index < -0.39 is 14.0 Å². The van der Waals surface area contributed by atoms with Gasteiger partial charge in [-0.2, -0.15) is 0 Å². The number of halogens is 1. The standard InChI is InChI=1S/C12H16ClNOSi/c1-12(14-2,15-16(3,4)5)10-6-8-11(13)9-7-10/h6-9H,1,3-5H3. The Labute approximate surface area is 103 Å². The molecule has 1 unspecified atom stereocenters. The molecule has 2 nitrogen and oxygen atoms in total. The second-order valence-corrected chi connectivity index (χ2v) is 9.68. The number of rotatable bonds is 3. The Kier molecular flexibility index (Phi) is 3.79. The normalized spacial score (nSPS) is 15.2. The van der Waals surface area contributed by atoms with Crippen molar-refractivity contribution < 1.29 is 4.43 Å². The highest BCUT2D eigenvalue weighted by molar-refractivity contribution is 6.69. The van der Waals surface area contributed by atoms with Gasteiger partial charge in [-0.3, -0.25) is 4.85 Å². The zero-order chi connectivity index (χ0) is 12.4. The topological polar surface area (TPSA) is 13.6 Å². The Morgan fingerprint density at radius 2 is 1.75 bits per heavy atom. The molecule has 0 heterocycles. The molecule has 0 saturated carbocycles. The maximum atomic E-state index is 7.32. The van der Waals surface area contributed by atoms with Gasteiger partial charge in [-0.1, -0.05) is 11.6 Å². The van der Waals surface area contributed by atoms with Crippen LogP contribution < -0.4 is 0 Å². The van der Waals surface area contributed by atoms with E-state index in [1.54, 1.807) is 12.1 Å². The van der Waals surface area contributed by atoms with Gasteiger partial charge in [-0.15, -0.1) is 0 Å². The van der Waals surface area contributed by atoms with Crippen LogP contribution in [0.4, 0.5) is 0 Å². The van der Waals surface area contributed by atoms with Crippen LogP contribution in [-0.2, 0) is 10.2 Å². The maximum absolute atomic E-state index is 7.32. The van der Waals surface area contributed by atoms with E-state index in [1.165, 1.54) is 0 Å². The lowest BCUT2D eigenvalue weighted by molar-refractivity contribution is 0.130. The quantitative estimate of drug-likeness (QED) is 0.579. The van der Waals surface area contributed by atoms with Crippen LogP contribution in [0.1, 0.15) is 12.5 Å². The van der Waals surface area contributed by atoms with E-state index in [2.05, 4.69) is 24.5 Å². The molecular weight excluding hydrogens is 238 g/mol. The van der Waals surface area contributed by atoms with Crippen LogP contribution in [0.15, 0.2) is 24.3 Å². The van der Waals surface area contributed by atoms with E-state index in [1.807, 2.05) is 19.1 Å². The van der Waals surface area contributed by atoms with Gasteiger partial charge in [0.25, 0.3) is 0 Å². The molecule has 16 heavy (non-hydrogen) atoms. The highest BCUT2D eigenvalue weighted by atomic mass is 35.5. The number of hydrogen-bond acceptors (Lipinski definition) is 1. The predicted octanol–water partition coefficient (Wildman–Crippen LogP) is 4.28. The lowest BCUT2D eigenvalue weighted by Crippen LogP contribution is -2.36. The third kappa shape index (κ3) is 3.34. The van der Waals surface area contributed by atoms with E-state index in [0.717, 1.165) is 5.56 Å². The van der Waals surface area contributed by atoms with Crippen molar-refractivity contribution in [1.82, 2.24) is 0 Å². The lowest BCUT2D eigenvalue weighted by Gasteiger charge is -2.26. The smallest absolute Gasteiger partial charge is 0.347 e. The summed E-state index contributed by atoms with van der Waals surface area (Å²) in [6, 6.07) is 7.27. The fourth-order valence-corrected chi connectivity index (χ4v) is 2.98. The molecule has 4 heteroatoms. The highest BCUT2D eigenvalue weighted by Crippen LogP contribution is 2.31. The van der Waals surface area contributed by atoms with Crippen LogP contribution in [-0.4, -0.2) is 8.32 Å². The summed E-state index contributed by atoms with van der Waals surface area (Å²) in [5, 5.41) is 0.670. The van der Waals surface area contributed by atoms with Gasteiger partial charge in [0, 0.05) is 11.9 Å². The van der Waals surface area contributed by atoms with Crippen molar-refractivity contribution in [1.29, 1.82) is 0 Å². The van der Waals surface area contributed by atoms with Gasteiger partial charge in [0.05, 0.1) is 5.56 Å². The first kappa shape index (κ1) is 13.2. The first-order valence-electron chi connectivity index (χ1n) is 5.12. The van der Waals surface area contributed by atoms with Crippen molar-refractivity contribution in [3.63, 3.8) is 0 Å². The van der Waals surface area contributed by atoms with Crippen LogP contribution in [0.3, 0.4) is 0 Å². The summed E-state index contributed by atoms with van der Waals surface area (Å²) in [5.41, 5.74) is -0.0379. The second kappa shape index (κ2) is 4.58. The molecule has 1 rings (SSSR count). The molecule has 86 valence electrons. The first-order valence-corrected chi connectivity index (χ1v) is 8.90. The first-order chi connectivity index (χ1) is 7.27. The molecule has 1 aromatic carbocycles.